The Balaban J connectivity index is 2.72. The number of aliphatic hydroxyl groups is 1. The maximum atomic E-state index is 12.2. The lowest BCUT2D eigenvalue weighted by molar-refractivity contribution is 0.0446. The first-order valence-electron chi connectivity index (χ1n) is 7.07. The van der Waals surface area contributed by atoms with E-state index >= 15 is 0 Å². The standard InChI is InChI=1S/C16H26N2O2/c1-13(2)10-17-15(19)18(12-16(3,4)20)11-14-8-6-5-7-9-14/h5-9,13,20H,10-12H2,1-4H3,(H,17,19). The highest BCUT2D eigenvalue weighted by Gasteiger charge is 2.22. The van der Waals surface area contributed by atoms with Crippen LogP contribution in [-0.4, -0.2) is 34.7 Å². The van der Waals surface area contributed by atoms with Crippen LogP contribution in [0, 0.1) is 5.92 Å². The first kappa shape index (κ1) is 16.5. The van der Waals surface area contributed by atoms with E-state index in [1.165, 1.54) is 0 Å². The fourth-order valence-corrected chi connectivity index (χ4v) is 1.87. The molecule has 0 spiro atoms. The van der Waals surface area contributed by atoms with Crippen molar-refractivity contribution in [3.63, 3.8) is 0 Å². The molecule has 20 heavy (non-hydrogen) atoms. The second kappa shape index (κ2) is 7.29. The summed E-state index contributed by atoms with van der Waals surface area (Å²) in [5.41, 5.74) is 0.140. The molecule has 2 amide bonds. The molecular weight excluding hydrogens is 252 g/mol. The molecule has 1 aromatic carbocycles. The van der Waals surface area contributed by atoms with Crippen LogP contribution in [0.5, 0.6) is 0 Å². The van der Waals surface area contributed by atoms with Gasteiger partial charge in [-0.15, -0.1) is 0 Å². The highest BCUT2D eigenvalue weighted by Crippen LogP contribution is 2.10. The fraction of sp³-hybridized carbons (Fsp3) is 0.562. The second-order valence-corrected chi connectivity index (χ2v) is 6.23. The Hall–Kier alpha value is -1.55. The van der Waals surface area contributed by atoms with E-state index in [0.29, 0.717) is 25.6 Å². The van der Waals surface area contributed by atoms with E-state index in [9.17, 15) is 9.90 Å². The number of hydrogen-bond acceptors (Lipinski definition) is 2. The fourth-order valence-electron chi connectivity index (χ4n) is 1.87. The van der Waals surface area contributed by atoms with Gasteiger partial charge in [0, 0.05) is 13.1 Å². The summed E-state index contributed by atoms with van der Waals surface area (Å²) in [7, 11) is 0. The number of benzene rings is 1. The van der Waals surface area contributed by atoms with Crippen molar-refractivity contribution in [2.24, 2.45) is 5.92 Å². The van der Waals surface area contributed by atoms with E-state index in [2.05, 4.69) is 19.2 Å². The van der Waals surface area contributed by atoms with Gasteiger partial charge in [-0.25, -0.2) is 4.79 Å². The summed E-state index contributed by atoms with van der Waals surface area (Å²) in [4.78, 5) is 13.9. The molecule has 0 saturated carbocycles. The van der Waals surface area contributed by atoms with Gasteiger partial charge >= 0.3 is 6.03 Å². The van der Waals surface area contributed by atoms with Crippen molar-refractivity contribution in [2.75, 3.05) is 13.1 Å². The molecule has 0 saturated heterocycles. The Labute approximate surface area is 121 Å². The van der Waals surface area contributed by atoms with Crippen molar-refractivity contribution in [1.29, 1.82) is 0 Å². The maximum absolute atomic E-state index is 12.2. The number of carbonyl (C=O) groups excluding carboxylic acids is 1. The predicted molar refractivity (Wildman–Crippen MR) is 81.4 cm³/mol. The molecule has 4 heteroatoms. The minimum absolute atomic E-state index is 0.135. The van der Waals surface area contributed by atoms with Gasteiger partial charge in [0.1, 0.15) is 0 Å². The summed E-state index contributed by atoms with van der Waals surface area (Å²) in [5, 5.41) is 12.9. The molecule has 0 unspecified atom stereocenters. The molecule has 1 rings (SSSR count). The SMILES string of the molecule is CC(C)CNC(=O)N(Cc1ccccc1)CC(C)(C)O. The minimum atomic E-state index is -0.913. The molecule has 0 aromatic heterocycles. The number of nitrogens with one attached hydrogen (secondary N) is 1. The zero-order valence-corrected chi connectivity index (χ0v) is 12.9. The Morgan fingerprint density at radius 2 is 1.90 bits per heavy atom. The molecule has 0 radical (unpaired) electrons. The third kappa shape index (κ3) is 6.57. The van der Waals surface area contributed by atoms with Gasteiger partial charge in [-0.1, -0.05) is 44.2 Å². The molecule has 0 bridgehead atoms. The van der Waals surface area contributed by atoms with Crippen LogP contribution in [0.2, 0.25) is 0 Å². The summed E-state index contributed by atoms with van der Waals surface area (Å²) in [6.45, 7) is 8.95. The molecule has 0 atom stereocenters. The van der Waals surface area contributed by atoms with E-state index in [1.807, 2.05) is 30.3 Å². The van der Waals surface area contributed by atoms with Gasteiger partial charge in [0.2, 0.25) is 0 Å². The molecule has 112 valence electrons. The summed E-state index contributed by atoms with van der Waals surface area (Å²) >= 11 is 0. The van der Waals surface area contributed by atoms with Crippen LogP contribution in [0.1, 0.15) is 33.3 Å². The zero-order chi connectivity index (χ0) is 15.2. The molecule has 0 aliphatic heterocycles. The van der Waals surface area contributed by atoms with Crippen molar-refractivity contribution in [2.45, 2.75) is 39.8 Å². The highest BCUT2D eigenvalue weighted by atomic mass is 16.3. The number of carbonyl (C=O) groups is 1. The summed E-state index contributed by atoms with van der Waals surface area (Å²) < 4.78 is 0. The van der Waals surface area contributed by atoms with Gasteiger partial charge < -0.3 is 15.3 Å². The van der Waals surface area contributed by atoms with E-state index in [4.69, 9.17) is 0 Å². The van der Waals surface area contributed by atoms with Crippen molar-refractivity contribution in [3.05, 3.63) is 35.9 Å². The number of nitrogens with zero attached hydrogens (tertiary/aromatic N) is 1. The van der Waals surface area contributed by atoms with Crippen molar-refractivity contribution in [1.82, 2.24) is 10.2 Å². The lowest BCUT2D eigenvalue weighted by atomic mass is 10.1. The number of rotatable bonds is 6. The van der Waals surface area contributed by atoms with E-state index < -0.39 is 5.60 Å². The van der Waals surface area contributed by atoms with Gasteiger partial charge in [-0.3, -0.25) is 0 Å². The maximum Gasteiger partial charge on any atom is 0.317 e. The van der Waals surface area contributed by atoms with E-state index in [0.717, 1.165) is 5.56 Å². The number of amides is 2. The molecule has 0 aliphatic carbocycles. The quantitative estimate of drug-likeness (QED) is 0.840. The third-order valence-electron chi connectivity index (χ3n) is 2.74. The molecule has 4 nitrogen and oxygen atoms in total. The van der Waals surface area contributed by atoms with Crippen molar-refractivity contribution in [3.8, 4) is 0 Å². The summed E-state index contributed by atoms with van der Waals surface area (Å²) in [5.74, 6) is 0.402. The van der Waals surface area contributed by atoms with Gasteiger partial charge in [0.05, 0.1) is 12.1 Å². The Morgan fingerprint density at radius 1 is 1.30 bits per heavy atom. The largest absolute Gasteiger partial charge is 0.389 e. The molecule has 0 fully saturated rings. The molecule has 2 N–H and O–H groups in total. The second-order valence-electron chi connectivity index (χ2n) is 6.23. The van der Waals surface area contributed by atoms with Gasteiger partial charge in [0.15, 0.2) is 0 Å². The first-order valence-corrected chi connectivity index (χ1v) is 7.07. The lowest BCUT2D eigenvalue weighted by Gasteiger charge is -2.29. The Morgan fingerprint density at radius 3 is 2.40 bits per heavy atom. The number of hydrogen-bond donors (Lipinski definition) is 2. The van der Waals surface area contributed by atoms with Crippen LogP contribution in [0.25, 0.3) is 0 Å². The Kier molecular flexibility index (Phi) is 6.02. The smallest absolute Gasteiger partial charge is 0.317 e. The lowest BCUT2D eigenvalue weighted by Crippen LogP contribution is -2.47. The van der Waals surface area contributed by atoms with E-state index in [-0.39, 0.29) is 6.03 Å². The summed E-state index contributed by atoms with van der Waals surface area (Å²) in [6.07, 6.45) is 0. The van der Waals surface area contributed by atoms with Crippen LogP contribution in [0.3, 0.4) is 0 Å². The normalized spacial score (nSPS) is 11.5. The predicted octanol–water partition coefficient (Wildman–Crippen LogP) is 2.63. The molecular formula is C16H26N2O2. The Bertz CT molecular complexity index is 410. The van der Waals surface area contributed by atoms with E-state index in [1.54, 1.807) is 18.7 Å². The molecule has 0 aliphatic rings. The average molecular weight is 278 g/mol. The van der Waals surface area contributed by atoms with Gasteiger partial charge in [-0.05, 0) is 25.3 Å². The van der Waals surface area contributed by atoms with Crippen LogP contribution in [0.4, 0.5) is 4.79 Å². The average Bonchev–Trinajstić information content (AvgIpc) is 2.34. The number of urea groups is 1. The summed E-state index contributed by atoms with van der Waals surface area (Å²) in [6, 6.07) is 9.67. The minimum Gasteiger partial charge on any atom is -0.389 e. The van der Waals surface area contributed by atoms with Crippen LogP contribution >= 0.6 is 0 Å². The monoisotopic (exact) mass is 278 g/mol. The third-order valence-corrected chi connectivity index (χ3v) is 2.74. The van der Waals surface area contributed by atoms with Crippen LogP contribution in [-0.2, 0) is 6.54 Å². The van der Waals surface area contributed by atoms with Crippen LogP contribution in [0.15, 0.2) is 30.3 Å². The highest BCUT2D eigenvalue weighted by molar-refractivity contribution is 5.74. The topological polar surface area (TPSA) is 52.6 Å². The van der Waals surface area contributed by atoms with Crippen LogP contribution < -0.4 is 5.32 Å². The zero-order valence-electron chi connectivity index (χ0n) is 12.9. The van der Waals surface area contributed by atoms with Gasteiger partial charge in [0.25, 0.3) is 0 Å². The van der Waals surface area contributed by atoms with Crippen molar-refractivity contribution >= 4 is 6.03 Å². The molecule has 1 aromatic rings. The van der Waals surface area contributed by atoms with Crippen molar-refractivity contribution < 1.29 is 9.90 Å². The first-order chi connectivity index (χ1) is 9.28. The molecule has 0 heterocycles. The van der Waals surface area contributed by atoms with Gasteiger partial charge in [-0.2, -0.15) is 0 Å².